The first-order valence-corrected chi connectivity index (χ1v) is 10.5. The number of ether oxygens (including phenoxy) is 1. The van der Waals surface area contributed by atoms with Crippen LogP contribution in [-0.2, 0) is 4.79 Å². The maximum atomic E-state index is 13.5. The Balaban J connectivity index is 1.72. The molecule has 3 aromatic rings. The monoisotopic (exact) mass is 442 g/mol. The van der Waals surface area contributed by atoms with Gasteiger partial charge in [-0.2, -0.15) is 5.26 Å². The molecular weight excluding hydrogens is 419 g/mol. The molecule has 33 heavy (non-hydrogen) atoms. The van der Waals surface area contributed by atoms with Crippen molar-refractivity contribution in [3.63, 3.8) is 0 Å². The first kappa shape index (κ1) is 22.3. The van der Waals surface area contributed by atoms with Crippen LogP contribution in [0.3, 0.4) is 0 Å². The number of carbonyl (C=O) groups excluding carboxylic acids is 1. The molecule has 6 heteroatoms. The highest BCUT2D eigenvalue weighted by Crippen LogP contribution is 2.40. The zero-order valence-corrected chi connectivity index (χ0v) is 18.2. The van der Waals surface area contributed by atoms with Gasteiger partial charge in [-0.15, -0.1) is 0 Å². The summed E-state index contributed by atoms with van der Waals surface area (Å²) < 4.78 is 19.4. The summed E-state index contributed by atoms with van der Waals surface area (Å²) in [5, 5.41) is 23.1. The van der Waals surface area contributed by atoms with Crippen molar-refractivity contribution in [2.75, 3.05) is 0 Å². The quantitative estimate of drug-likeness (QED) is 0.582. The second-order valence-electron chi connectivity index (χ2n) is 8.43. The van der Waals surface area contributed by atoms with Gasteiger partial charge >= 0.3 is 0 Å². The van der Waals surface area contributed by atoms with E-state index in [1.54, 1.807) is 44.2 Å². The van der Waals surface area contributed by atoms with Crippen molar-refractivity contribution in [1.29, 1.82) is 5.26 Å². The van der Waals surface area contributed by atoms with Crippen LogP contribution in [0.15, 0.2) is 78.9 Å². The standard InChI is InChI=1S/C27H23FN2O3/c1-27(2)26(32)25(22-14-17(16-29)8-13-23(22)33-27)30-24(31)15-21(18-6-4-3-5-7-18)19-9-11-20(28)12-10-19/h3-15,25-26,32H,1-2H3,(H,30,31)/b21-15+/t25-,26+/m0/s1. The van der Waals surface area contributed by atoms with Gasteiger partial charge in [-0.3, -0.25) is 4.79 Å². The molecule has 0 radical (unpaired) electrons. The molecule has 0 spiro atoms. The zero-order valence-electron chi connectivity index (χ0n) is 18.2. The number of carbonyl (C=O) groups is 1. The van der Waals surface area contributed by atoms with Crippen molar-refractivity contribution in [3.05, 3.63) is 107 Å². The van der Waals surface area contributed by atoms with Crippen molar-refractivity contribution in [1.82, 2.24) is 5.32 Å². The first-order valence-electron chi connectivity index (χ1n) is 10.5. The van der Waals surface area contributed by atoms with E-state index in [1.165, 1.54) is 18.2 Å². The molecule has 2 N–H and O–H groups in total. The summed E-state index contributed by atoms with van der Waals surface area (Å²) in [6.07, 6.45) is 0.383. The van der Waals surface area contributed by atoms with Gasteiger partial charge in [-0.05, 0) is 60.9 Å². The van der Waals surface area contributed by atoms with Crippen LogP contribution in [0.5, 0.6) is 5.75 Å². The Morgan fingerprint density at radius 1 is 1.09 bits per heavy atom. The van der Waals surface area contributed by atoms with Crippen molar-refractivity contribution < 1.29 is 19.0 Å². The number of amides is 1. The van der Waals surface area contributed by atoms with Crippen LogP contribution in [0.2, 0.25) is 0 Å². The lowest BCUT2D eigenvalue weighted by Crippen LogP contribution is -2.53. The third-order valence-electron chi connectivity index (χ3n) is 5.69. The number of nitriles is 1. The molecule has 1 amide bonds. The number of aliphatic hydroxyl groups excluding tert-OH is 1. The molecule has 1 aliphatic rings. The summed E-state index contributed by atoms with van der Waals surface area (Å²) in [6, 6.07) is 21.4. The normalized spacial score (nSPS) is 19.1. The molecule has 0 saturated heterocycles. The molecule has 0 unspecified atom stereocenters. The Kier molecular flexibility index (Phi) is 5.99. The molecule has 5 nitrogen and oxygen atoms in total. The average Bonchev–Trinajstić information content (AvgIpc) is 2.81. The van der Waals surface area contributed by atoms with E-state index in [4.69, 9.17) is 4.74 Å². The molecule has 0 aromatic heterocycles. The minimum Gasteiger partial charge on any atom is -0.485 e. The van der Waals surface area contributed by atoms with Crippen molar-refractivity contribution in [2.45, 2.75) is 31.6 Å². The highest BCUT2D eigenvalue weighted by atomic mass is 19.1. The lowest BCUT2D eigenvalue weighted by molar-refractivity contribution is -0.121. The summed E-state index contributed by atoms with van der Waals surface area (Å²) in [6.45, 7) is 3.48. The molecule has 0 fully saturated rings. The largest absolute Gasteiger partial charge is 0.485 e. The topological polar surface area (TPSA) is 82.3 Å². The summed E-state index contributed by atoms with van der Waals surface area (Å²) in [7, 11) is 0. The van der Waals surface area contributed by atoms with E-state index >= 15 is 0 Å². The number of fused-ring (bicyclic) bond motifs is 1. The van der Waals surface area contributed by atoms with E-state index in [-0.39, 0.29) is 5.82 Å². The van der Waals surface area contributed by atoms with E-state index in [0.29, 0.717) is 28.0 Å². The lowest BCUT2D eigenvalue weighted by atomic mass is 9.86. The van der Waals surface area contributed by atoms with E-state index < -0.39 is 23.7 Å². The highest BCUT2D eigenvalue weighted by Gasteiger charge is 2.43. The van der Waals surface area contributed by atoms with Gasteiger partial charge in [-0.1, -0.05) is 42.5 Å². The van der Waals surface area contributed by atoms with Crippen LogP contribution in [0.4, 0.5) is 4.39 Å². The third kappa shape index (κ3) is 4.64. The Morgan fingerprint density at radius 3 is 2.42 bits per heavy atom. The van der Waals surface area contributed by atoms with Crippen LogP contribution in [0, 0.1) is 17.1 Å². The zero-order chi connectivity index (χ0) is 23.6. The first-order chi connectivity index (χ1) is 15.8. The second-order valence-corrected chi connectivity index (χ2v) is 8.43. The number of nitrogens with one attached hydrogen (secondary N) is 1. The van der Waals surface area contributed by atoms with E-state index in [0.717, 1.165) is 5.56 Å². The number of hydrogen-bond donors (Lipinski definition) is 2. The summed E-state index contributed by atoms with van der Waals surface area (Å²) in [5.41, 5.74) is 2.06. The molecule has 0 saturated carbocycles. The molecular formula is C27H23FN2O3. The smallest absolute Gasteiger partial charge is 0.245 e. The number of aliphatic hydroxyl groups is 1. The van der Waals surface area contributed by atoms with Gasteiger partial charge in [0.2, 0.25) is 5.91 Å². The molecule has 0 bridgehead atoms. The lowest BCUT2D eigenvalue weighted by Gasteiger charge is -2.42. The molecule has 2 atom stereocenters. The van der Waals surface area contributed by atoms with Crippen LogP contribution >= 0.6 is 0 Å². The van der Waals surface area contributed by atoms with Crippen molar-refractivity contribution in [3.8, 4) is 11.8 Å². The molecule has 1 heterocycles. The van der Waals surface area contributed by atoms with Gasteiger partial charge in [0.15, 0.2) is 0 Å². The number of halogens is 1. The van der Waals surface area contributed by atoms with Gasteiger partial charge in [0.1, 0.15) is 23.3 Å². The van der Waals surface area contributed by atoms with Gasteiger partial charge in [0.05, 0.1) is 17.7 Å². The average molecular weight is 442 g/mol. The Hall–Kier alpha value is -3.95. The van der Waals surface area contributed by atoms with Gasteiger partial charge in [-0.25, -0.2) is 4.39 Å². The molecule has 0 aliphatic carbocycles. The summed E-state index contributed by atoms with van der Waals surface area (Å²) in [5.74, 6) is -0.304. The number of hydrogen-bond acceptors (Lipinski definition) is 4. The van der Waals surface area contributed by atoms with Gasteiger partial charge in [0, 0.05) is 11.6 Å². The highest BCUT2D eigenvalue weighted by molar-refractivity contribution is 5.99. The van der Waals surface area contributed by atoms with Gasteiger partial charge < -0.3 is 15.2 Å². The number of rotatable bonds is 4. The number of nitrogens with zero attached hydrogens (tertiary/aromatic N) is 1. The SMILES string of the molecule is CC1(C)Oc2ccc(C#N)cc2[C@H](NC(=O)/C=C(\c2ccccc2)c2ccc(F)cc2)[C@H]1O. The summed E-state index contributed by atoms with van der Waals surface area (Å²) in [4.78, 5) is 13.2. The molecule has 166 valence electrons. The van der Waals surface area contributed by atoms with Gasteiger partial charge in [0.25, 0.3) is 0 Å². The van der Waals surface area contributed by atoms with Crippen molar-refractivity contribution >= 4 is 11.5 Å². The van der Waals surface area contributed by atoms with E-state index in [1.807, 2.05) is 30.3 Å². The maximum absolute atomic E-state index is 13.5. The number of benzene rings is 3. The van der Waals surface area contributed by atoms with E-state index in [9.17, 15) is 19.6 Å². The molecule has 3 aromatic carbocycles. The molecule has 1 aliphatic heterocycles. The Bertz CT molecular complexity index is 1240. The second kappa shape index (κ2) is 8.89. The fourth-order valence-electron chi connectivity index (χ4n) is 3.93. The van der Waals surface area contributed by atoms with Crippen molar-refractivity contribution in [2.24, 2.45) is 0 Å². The Labute approximate surface area is 191 Å². The van der Waals surface area contributed by atoms with Crippen LogP contribution < -0.4 is 10.1 Å². The minimum atomic E-state index is -1.05. The predicted octanol–water partition coefficient (Wildman–Crippen LogP) is 4.52. The summed E-state index contributed by atoms with van der Waals surface area (Å²) >= 11 is 0. The molecule has 4 rings (SSSR count). The van der Waals surface area contributed by atoms with Crippen LogP contribution in [0.1, 0.15) is 42.1 Å². The third-order valence-corrected chi connectivity index (χ3v) is 5.69. The van der Waals surface area contributed by atoms with Crippen LogP contribution in [0.25, 0.3) is 5.57 Å². The minimum absolute atomic E-state index is 0.368. The fraction of sp³-hybridized carbons (Fsp3) is 0.185. The maximum Gasteiger partial charge on any atom is 0.245 e. The van der Waals surface area contributed by atoms with E-state index in [2.05, 4.69) is 11.4 Å². The van der Waals surface area contributed by atoms with Crippen LogP contribution in [-0.4, -0.2) is 22.7 Å². The fourth-order valence-corrected chi connectivity index (χ4v) is 3.93. The Morgan fingerprint density at radius 2 is 1.76 bits per heavy atom. The predicted molar refractivity (Wildman–Crippen MR) is 123 cm³/mol.